The van der Waals surface area contributed by atoms with Gasteiger partial charge in [-0.25, -0.2) is 4.98 Å². The summed E-state index contributed by atoms with van der Waals surface area (Å²) in [7, 11) is 0. The molecule has 110 valence electrons. The summed E-state index contributed by atoms with van der Waals surface area (Å²) in [4.78, 5) is 16.5. The molecule has 4 heteroatoms. The van der Waals surface area contributed by atoms with Crippen LogP contribution in [0.4, 0.5) is 0 Å². The van der Waals surface area contributed by atoms with E-state index < -0.39 is 0 Å². The minimum Gasteiger partial charge on any atom is -0.444 e. The summed E-state index contributed by atoms with van der Waals surface area (Å²) >= 11 is 0. The Morgan fingerprint density at radius 1 is 1.40 bits per heavy atom. The average Bonchev–Trinajstić information content (AvgIpc) is 2.69. The molecule has 1 aromatic heterocycles. The molecule has 0 radical (unpaired) electrons. The van der Waals surface area contributed by atoms with Gasteiger partial charge in [0, 0.05) is 0 Å². The SMILES string of the molecule is CC(C)=C[C@H]1[C@H](C(=O)NCc2nc(C)c(C)o2)C1(C)C. The standard InChI is InChI=1S/C16H24N2O2/c1-9(2)7-12-14(16(12,5)6)15(19)17-8-13-18-10(3)11(4)20-13/h7,12,14H,8H2,1-6H3,(H,17,19)/t12-,14+/m0/s1. The number of nitrogens with one attached hydrogen (secondary N) is 1. The molecular weight excluding hydrogens is 252 g/mol. The van der Waals surface area contributed by atoms with Crippen molar-refractivity contribution in [3.8, 4) is 0 Å². The molecule has 1 aliphatic carbocycles. The predicted octanol–water partition coefficient (Wildman–Crippen LogP) is 3.15. The zero-order chi connectivity index (χ0) is 15.1. The molecule has 0 unspecified atom stereocenters. The number of nitrogens with zero attached hydrogens (tertiary/aromatic N) is 1. The molecule has 0 saturated heterocycles. The van der Waals surface area contributed by atoms with Gasteiger partial charge in [0.15, 0.2) is 0 Å². The molecule has 1 amide bonds. The second kappa shape index (κ2) is 5.08. The van der Waals surface area contributed by atoms with E-state index in [1.165, 1.54) is 5.57 Å². The topological polar surface area (TPSA) is 55.1 Å². The smallest absolute Gasteiger partial charge is 0.224 e. The fourth-order valence-corrected chi connectivity index (χ4v) is 2.74. The third-order valence-electron chi connectivity index (χ3n) is 4.19. The Morgan fingerprint density at radius 3 is 2.55 bits per heavy atom. The Hall–Kier alpha value is -1.58. The summed E-state index contributed by atoms with van der Waals surface area (Å²) in [5, 5.41) is 2.94. The van der Waals surface area contributed by atoms with Crippen LogP contribution in [0.25, 0.3) is 0 Å². The van der Waals surface area contributed by atoms with Crippen LogP contribution in [0.5, 0.6) is 0 Å². The third-order valence-corrected chi connectivity index (χ3v) is 4.19. The maximum absolute atomic E-state index is 12.3. The summed E-state index contributed by atoms with van der Waals surface area (Å²) in [6, 6.07) is 0. The Labute approximate surface area is 120 Å². The van der Waals surface area contributed by atoms with Crippen LogP contribution in [0.2, 0.25) is 0 Å². The predicted molar refractivity (Wildman–Crippen MR) is 78.0 cm³/mol. The van der Waals surface area contributed by atoms with Crippen molar-refractivity contribution in [3.63, 3.8) is 0 Å². The van der Waals surface area contributed by atoms with Gasteiger partial charge >= 0.3 is 0 Å². The van der Waals surface area contributed by atoms with Gasteiger partial charge in [-0.3, -0.25) is 4.79 Å². The molecular formula is C16H24N2O2. The summed E-state index contributed by atoms with van der Waals surface area (Å²) in [5.74, 6) is 1.86. The van der Waals surface area contributed by atoms with Gasteiger partial charge in [0.25, 0.3) is 0 Å². The summed E-state index contributed by atoms with van der Waals surface area (Å²) in [5.41, 5.74) is 2.18. The number of aryl methyl sites for hydroxylation is 2. The molecule has 1 aromatic rings. The van der Waals surface area contributed by atoms with Crippen LogP contribution < -0.4 is 5.32 Å². The van der Waals surface area contributed by atoms with Gasteiger partial charge < -0.3 is 9.73 Å². The van der Waals surface area contributed by atoms with Gasteiger partial charge in [-0.15, -0.1) is 0 Å². The zero-order valence-corrected chi connectivity index (χ0v) is 13.2. The molecule has 1 aliphatic rings. The molecule has 20 heavy (non-hydrogen) atoms. The first-order valence-corrected chi connectivity index (χ1v) is 7.09. The highest BCUT2D eigenvalue weighted by Gasteiger charge is 2.60. The van der Waals surface area contributed by atoms with Crippen molar-refractivity contribution in [2.75, 3.05) is 0 Å². The summed E-state index contributed by atoms with van der Waals surface area (Å²) in [6.45, 7) is 12.6. The number of allylic oxidation sites excluding steroid dienone is 2. The van der Waals surface area contributed by atoms with E-state index >= 15 is 0 Å². The van der Waals surface area contributed by atoms with Crippen molar-refractivity contribution < 1.29 is 9.21 Å². The first kappa shape index (κ1) is 14.8. The molecule has 1 N–H and O–H groups in total. The van der Waals surface area contributed by atoms with Crippen molar-refractivity contribution in [2.45, 2.75) is 48.1 Å². The number of aromatic nitrogens is 1. The van der Waals surface area contributed by atoms with Crippen molar-refractivity contribution in [3.05, 3.63) is 29.0 Å². The lowest BCUT2D eigenvalue weighted by atomic mass is 10.1. The number of oxazole rings is 1. The van der Waals surface area contributed by atoms with Crippen molar-refractivity contribution in [1.82, 2.24) is 10.3 Å². The molecule has 2 rings (SSSR count). The lowest BCUT2D eigenvalue weighted by Gasteiger charge is -2.03. The Morgan fingerprint density at radius 2 is 2.05 bits per heavy atom. The second-order valence-corrected chi connectivity index (χ2v) is 6.54. The third kappa shape index (κ3) is 2.79. The van der Waals surface area contributed by atoms with E-state index in [4.69, 9.17) is 4.42 Å². The summed E-state index contributed by atoms with van der Waals surface area (Å²) in [6.07, 6.45) is 2.20. The van der Waals surface area contributed by atoms with E-state index in [1.807, 2.05) is 13.8 Å². The lowest BCUT2D eigenvalue weighted by Crippen LogP contribution is -2.26. The van der Waals surface area contributed by atoms with Gasteiger partial charge in [0.2, 0.25) is 11.8 Å². The molecule has 0 aromatic carbocycles. The maximum atomic E-state index is 12.3. The van der Waals surface area contributed by atoms with E-state index in [0.29, 0.717) is 18.4 Å². The van der Waals surface area contributed by atoms with Crippen LogP contribution in [-0.4, -0.2) is 10.9 Å². The van der Waals surface area contributed by atoms with Crippen molar-refractivity contribution in [2.24, 2.45) is 17.3 Å². The van der Waals surface area contributed by atoms with Crippen LogP contribution in [0.15, 0.2) is 16.1 Å². The van der Waals surface area contributed by atoms with E-state index in [0.717, 1.165) is 11.5 Å². The van der Waals surface area contributed by atoms with E-state index in [-0.39, 0.29) is 17.2 Å². The monoisotopic (exact) mass is 276 g/mol. The van der Waals surface area contributed by atoms with Gasteiger partial charge in [-0.05, 0) is 39.0 Å². The molecule has 1 heterocycles. The molecule has 4 nitrogen and oxygen atoms in total. The fourth-order valence-electron chi connectivity index (χ4n) is 2.74. The highest BCUT2D eigenvalue weighted by Crippen LogP contribution is 2.59. The van der Waals surface area contributed by atoms with Crippen LogP contribution in [0, 0.1) is 31.1 Å². The van der Waals surface area contributed by atoms with Crippen molar-refractivity contribution in [1.29, 1.82) is 0 Å². The van der Waals surface area contributed by atoms with Crippen molar-refractivity contribution >= 4 is 5.91 Å². The molecule has 0 spiro atoms. The number of hydrogen-bond donors (Lipinski definition) is 1. The molecule has 0 aliphatic heterocycles. The number of hydrogen-bond acceptors (Lipinski definition) is 3. The maximum Gasteiger partial charge on any atom is 0.224 e. The first-order chi connectivity index (χ1) is 9.23. The molecule has 2 atom stereocenters. The highest BCUT2D eigenvalue weighted by molar-refractivity contribution is 5.83. The number of amides is 1. The number of carbonyl (C=O) groups excluding carboxylic acids is 1. The van der Waals surface area contributed by atoms with Crippen LogP contribution >= 0.6 is 0 Å². The van der Waals surface area contributed by atoms with E-state index in [9.17, 15) is 4.79 Å². The quantitative estimate of drug-likeness (QED) is 0.859. The first-order valence-electron chi connectivity index (χ1n) is 7.09. The van der Waals surface area contributed by atoms with Crippen LogP contribution in [0.3, 0.4) is 0 Å². The van der Waals surface area contributed by atoms with Crippen LogP contribution in [-0.2, 0) is 11.3 Å². The largest absolute Gasteiger partial charge is 0.444 e. The Kier molecular flexibility index (Phi) is 3.76. The number of rotatable bonds is 4. The minimum atomic E-state index is 0.0454. The molecule has 0 bridgehead atoms. The summed E-state index contributed by atoms with van der Waals surface area (Å²) < 4.78 is 5.47. The van der Waals surface area contributed by atoms with Gasteiger partial charge in [0.1, 0.15) is 5.76 Å². The lowest BCUT2D eigenvalue weighted by molar-refractivity contribution is -0.123. The fraction of sp³-hybridized carbons (Fsp3) is 0.625. The number of carbonyl (C=O) groups is 1. The van der Waals surface area contributed by atoms with E-state index in [1.54, 1.807) is 0 Å². The van der Waals surface area contributed by atoms with E-state index in [2.05, 4.69) is 44.1 Å². The molecule has 1 fully saturated rings. The normalized spacial score (nSPS) is 23.3. The highest BCUT2D eigenvalue weighted by atomic mass is 16.4. The van der Waals surface area contributed by atoms with Gasteiger partial charge in [0.05, 0.1) is 18.2 Å². The van der Waals surface area contributed by atoms with Gasteiger partial charge in [-0.2, -0.15) is 0 Å². The molecule has 1 saturated carbocycles. The van der Waals surface area contributed by atoms with Crippen LogP contribution in [0.1, 0.15) is 45.0 Å². The Balaban J connectivity index is 1.95. The Bertz CT molecular complexity index is 531. The second-order valence-electron chi connectivity index (χ2n) is 6.54. The average molecular weight is 276 g/mol. The van der Waals surface area contributed by atoms with Gasteiger partial charge in [-0.1, -0.05) is 25.5 Å². The zero-order valence-electron chi connectivity index (χ0n) is 13.2. The minimum absolute atomic E-state index is 0.0454.